The van der Waals surface area contributed by atoms with Gasteiger partial charge in [0.05, 0.1) is 0 Å². The number of nitrogens with one attached hydrogen (secondary N) is 1. The van der Waals surface area contributed by atoms with Gasteiger partial charge in [-0.15, -0.1) is 21.5 Å². The lowest BCUT2D eigenvalue weighted by Crippen LogP contribution is -2.19. The van der Waals surface area contributed by atoms with E-state index in [2.05, 4.69) is 22.4 Å². The maximum absolute atomic E-state index is 4.30. The Kier molecular flexibility index (Phi) is 6.79. The smallest absolute Gasteiger partial charge is 0.118 e. The number of hydrogen-bond acceptors (Lipinski definition) is 4. The van der Waals surface area contributed by atoms with E-state index in [1.165, 1.54) is 61.4 Å². The van der Waals surface area contributed by atoms with Crippen molar-refractivity contribution >= 4 is 11.3 Å². The zero-order chi connectivity index (χ0) is 13.3. The molecule has 1 aliphatic carbocycles. The van der Waals surface area contributed by atoms with E-state index < -0.39 is 0 Å². The molecule has 0 saturated heterocycles. The van der Waals surface area contributed by atoms with E-state index in [0.29, 0.717) is 0 Å². The second kappa shape index (κ2) is 8.64. The molecule has 1 N–H and O–H groups in total. The van der Waals surface area contributed by atoms with Gasteiger partial charge in [0.2, 0.25) is 0 Å². The van der Waals surface area contributed by atoms with E-state index in [1.54, 1.807) is 0 Å². The molecule has 0 atom stereocenters. The number of aromatic nitrogens is 2. The molecular formula is C15H27N3S. The fraction of sp³-hybridized carbons (Fsp3) is 0.867. The molecule has 2 rings (SSSR count). The van der Waals surface area contributed by atoms with Gasteiger partial charge in [-0.3, -0.25) is 0 Å². The minimum Gasteiger partial charge on any atom is -0.314 e. The maximum atomic E-state index is 4.30. The topological polar surface area (TPSA) is 37.8 Å². The molecule has 0 unspecified atom stereocenters. The predicted molar refractivity (Wildman–Crippen MR) is 81.7 cm³/mol. The van der Waals surface area contributed by atoms with Crippen molar-refractivity contribution in [2.45, 2.75) is 77.2 Å². The van der Waals surface area contributed by atoms with Gasteiger partial charge in [0.1, 0.15) is 10.0 Å². The molecule has 1 aromatic heterocycles. The summed E-state index contributed by atoms with van der Waals surface area (Å²) in [5.41, 5.74) is 0. The Hall–Kier alpha value is -0.480. The van der Waals surface area contributed by atoms with Crippen LogP contribution in [0.25, 0.3) is 0 Å². The molecule has 19 heavy (non-hydrogen) atoms. The molecular weight excluding hydrogens is 254 g/mol. The van der Waals surface area contributed by atoms with E-state index in [0.717, 1.165) is 25.4 Å². The summed E-state index contributed by atoms with van der Waals surface area (Å²) in [5, 5.41) is 14.6. The quantitative estimate of drug-likeness (QED) is 0.628. The fourth-order valence-corrected chi connectivity index (χ4v) is 3.10. The van der Waals surface area contributed by atoms with E-state index in [4.69, 9.17) is 0 Å². The molecule has 0 aliphatic heterocycles. The first-order valence-corrected chi connectivity index (χ1v) is 8.74. The average Bonchev–Trinajstić information content (AvgIpc) is 3.13. The third-order valence-electron chi connectivity index (χ3n) is 3.60. The molecule has 1 fully saturated rings. The van der Waals surface area contributed by atoms with Crippen LogP contribution in [-0.4, -0.2) is 22.8 Å². The van der Waals surface area contributed by atoms with Crippen LogP contribution >= 0.6 is 11.3 Å². The van der Waals surface area contributed by atoms with Crippen LogP contribution in [0.5, 0.6) is 0 Å². The molecule has 0 spiro atoms. The van der Waals surface area contributed by atoms with E-state index >= 15 is 0 Å². The number of nitrogens with zero attached hydrogens (tertiary/aromatic N) is 2. The van der Waals surface area contributed by atoms with Crippen LogP contribution < -0.4 is 5.32 Å². The van der Waals surface area contributed by atoms with Crippen LogP contribution in [0.4, 0.5) is 0 Å². The Labute approximate surface area is 121 Å². The zero-order valence-corrected chi connectivity index (χ0v) is 13.0. The van der Waals surface area contributed by atoms with E-state index in [9.17, 15) is 0 Å². The summed E-state index contributed by atoms with van der Waals surface area (Å²) in [5.74, 6) is 0. The Bertz CT molecular complexity index is 347. The Morgan fingerprint density at radius 3 is 2.42 bits per heavy atom. The summed E-state index contributed by atoms with van der Waals surface area (Å²) in [4.78, 5) is 0. The second-order valence-corrected chi connectivity index (χ2v) is 6.73. The largest absolute Gasteiger partial charge is 0.314 e. The molecule has 0 radical (unpaired) electrons. The number of unbranched alkanes of at least 4 members (excludes halogenated alkanes) is 5. The van der Waals surface area contributed by atoms with Gasteiger partial charge in [-0.1, -0.05) is 39.0 Å². The summed E-state index contributed by atoms with van der Waals surface area (Å²) >= 11 is 1.81. The van der Waals surface area contributed by atoms with Crippen LogP contribution in [0.3, 0.4) is 0 Å². The number of rotatable bonds is 11. The predicted octanol–water partition coefficient (Wildman–Crippen LogP) is 3.74. The molecule has 0 aromatic carbocycles. The highest BCUT2D eigenvalue weighted by atomic mass is 32.1. The number of aryl methyl sites for hydroxylation is 1. The van der Waals surface area contributed by atoms with Gasteiger partial charge < -0.3 is 5.32 Å². The highest BCUT2D eigenvalue weighted by Gasteiger charge is 2.19. The highest BCUT2D eigenvalue weighted by molar-refractivity contribution is 7.11. The summed E-state index contributed by atoms with van der Waals surface area (Å²) < 4.78 is 0. The van der Waals surface area contributed by atoms with Crippen molar-refractivity contribution in [2.24, 2.45) is 0 Å². The molecule has 0 amide bonds. The summed E-state index contributed by atoms with van der Waals surface area (Å²) in [6.07, 6.45) is 13.0. The van der Waals surface area contributed by atoms with E-state index in [-0.39, 0.29) is 0 Å². The van der Waals surface area contributed by atoms with Crippen molar-refractivity contribution in [1.29, 1.82) is 0 Å². The molecule has 1 saturated carbocycles. The molecule has 3 nitrogen and oxygen atoms in total. The third kappa shape index (κ3) is 6.48. The molecule has 1 aliphatic rings. The molecule has 108 valence electrons. The minimum absolute atomic E-state index is 0.801. The van der Waals surface area contributed by atoms with Crippen LogP contribution in [0.2, 0.25) is 0 Å². The molecule has 4 heteroatoms. The summed E-state index contributed by atoms with van der Waals surface area (Å²) in [7, 11) is 0. The standard InChI is InChI=1S/C15H27N3S/c1-2-3-4-5-6-7-8-14-17-18-15(19-14)11-12-16-13-9-10-13/h13,16H,2-12H2,1H3. The normalized spacial score (nSPS) is 15.0. The van der Waals surface area contributed by atoms with Crippen LogP contribution in [0, 0.1) is 0 Å². The molecule has 1 aromatic rings. The van der Waals surface area contributed by atoms with Gasteiger partial charge in [0.25, 0.3) is 0 Å². The lowest BCUT2D eigenvalue weighted by atomic mass is 10.1. The summed E-state index contributed by atoms with van der Waals surface area (Å²) in [6.45, 7) is 3.33. The van der Waals surface area contributed by atoms with E-state index in [1.807, 2.05) is 11.3 Å². The van der Waals surface area contributed by atoms with Crippen molar-refractivity contribution in [3.63, 3.8) is 0 Å². The van der Waals surface area contributed by atoms with Crippen molar-refractivity contribution in [3.05, 3.63) is 10.0 Å². The lowest BCUT2D eigenvalue weighted by Gasteiger charge is -1.98. The minimum atomic E-state index is 0.801. The average molecular weight is 281 g/mol. The zero-order valence-electron chi connectivity index (χ0n) is 12.2. The van der Waals surface area contributed by atoms with Crippen molar-refractivity contribution in [3.8, 4) is 0 Å². The van der Waals surface area contributed by atoms with Gasteiger partial charge in [-0.25, -0.2) is 0 Å². The molecule has 1 heterocycles. The lowest BCUT2D eigenvalue weighted by molar-refractivity contribution is 0.606. The van der Waals surface area contributed by atoms with Gasteiger partial charge >= 0.3 is 0 Å². The van der Waals surface area contributed by atoms with Gasteiger partial charge in [-0.05, 0) is 19.3 Å². The van der Waals surface area contributed by atoms with Gasteiger partial charge in [0, 0.05) is 25.4 Å². The van der Waals surface area contributed by atoms with Crippen LogP contribution in [-0.2, 0) is 12.8 Å². The van der Waals surface area contributed by atoms with Crippen molar-refractivity contribution in [1.82, 2.24) is 15.5 Å². The monoisotopic (exact) mass is 281 g/mol. The third-order valence-corrected chi connectivity index (χ3v) is 4.64. The maximum Gasteiger partial charge on any atom is 0.118 e. The fourth-order valence-electron chi connectivity index (χ4n) is 2.22. The van der Waals surface area contributed by atoms with Crippen molar-refractivity contribution < 1.29 is 0 Å². The molecule has 0 bridgehead atoms. The highest BCUT2D eigenvalue weighted by Crippen LogP contribution is 2.19. The van der Waals surface area contributed by atoms with Gasteiger partial charge in [-0.2, -0.15) is 0 Å². The number of hydrogen-bond donors (Lipinski definition) is 1. The SMILES string of the molecule is CCCCCCCCc1nnc(CCNC2CC2)s1. The second-order valence-electron chi connectivity index (χ2n) is 5.59. The Morgan fingerprint density at radius 1 is 1.00 bits per heavy atom. The summed E-state index contributed by atoms with van der Waals surface area (Å²) in [6, 6.07) is 0.801. The van der Waals surface area contributed by atoms with Crippen LogP contribution in [0.15, 0.2) is 0 Å². The first kappa shape index (κ1) is 14.9. The first-order valence-electron chi connectivity index (χ1n) is 7.93. The van der Waals surface area contributed by atoms with Crippen LogP contribution in [0.1, 0.15) is 68.3 Å². The Morgan fingerprint density at radius 2 is 1.68 bits per heavy atom. The van der Waals surface area contributed by atoms with Gasteiger partial charge in [0.15, 0.2) is 0 Å². The Balaban J connectivity index is 1.52. The first-order chi connectivity index (χ1) is 9.38. The van der Waals surface area contributed by atoms with Crippen molar-refractivity contribution in [2.75, 3.05) is 6.54 Å².